The van der Waals surface area contributed by atoms with E-state index < -0.39 is 70.5 Å². The van der Waals surface area contributed by atoms with Crippen LogP contribution in [0.15, 0.2) is 57.7 Å². The molecule has 0 aliphatic rings. The Bertz CT molecular complexity index is 1820. The first-order valence-corrected chi connectivity index (χ1v) is 11.6. The molecule has 3 heterocycles. The molecule has 1 amide bonds. The number of rotatable bonds is 6. The van der Waals surface area contributed by atoms with Gasteiger partial charge in [-0.05, 0) is 17.7 Å². The van der Waals surface area contributed by atoms with E-state index >= 15 is 0 Å². The van der Waals surface area contributed by atoms with Crippen LogP contribution >= 0.6 is 0 Å². The molecule has 3 aromatic heterocycles. The molecule has 0 fully saturated rings. The molecule has 0 radical (unpaired) electrons. The zero-order valence-corrected chi connectivity index (χ0v) is 20.6. The highest BCUT2D eigenvalue weighted by Crippen LogP contribution is 2.39. The Labute approximate surface area is 224 Å². The van der Waals surface area contributed by atoms with Crippen molar-refractivity contribution in [2.24, 2.45) is 0 Å². The predicted octanol–water partition coefficient (Wildman–Crippen LogP) is 4.18. The number of aliphatic hydroxyl groups excluding tert-OH is 1. The van der Waals surface area contributed by atoms with Crippen LogP contribution in [0.25, 0.3) is 39.3 Å². The molecular weight excluding hydrogens is 564 g/mol. The van der Waals surface area contributed by atoms with Gasteiger partial charge < -0.3 is 19.6 Å². The molecule has 10 nitrogen and oxygen atoms in total. The summed E-state index contributed by atoms with van der Waals surface area (Å²) in [6, 6.07) is 11.5. The summed E-state index contributed by atoms with van der Waals surface area (Å²) in [5.74, 6) is -1.79. The van der Waals surface area contributed by atoms with Crippen molar-refractivity contribution in [3.8, 4) is 28.3 Å². The highest BCUT2D eigenvalue weighted by Gasteiger charge is 2.40. The monoisotopic (exact) mass is 581 g/mol. The number of carbonyl (C=O) groups excluding carboxylic acids is 1. The molecule has 5 aromatic rings. The van der Waals surface area contributed by atoms with Gasteiger partial charge in [0, 0.05) is 0 Å². The number of halogens is 6. The number of aliphatic hydroxyl groups is 1. The first-order valence-electron chi connectivity index (χ1n) is 11.6. The fraction of sp³-hybridized carbons (Fsp3) is 0.200. The summed E-state index contributed by atoms with van der Waals surface area (Å²) >= 11 is 0. The average molecular weight is 581 g/mol. The number of fused-ring (bicyclic) bond motifs is 2. The van der Waals surface area contributed by atoms with Crippen LogP contribution in [-0.4, -0.2) is 56.5 Å². The number of ether oxygens (including phenoxy) is 1. The second kappa shape index (κ2) is 9.96. The van der Waals surface area contributed by atoms with Crippen LogP contribution in [0.1, 0.15) is 16.2 Å². The number of para-hydroxylation sites is 1. The summed E-state index contributed by atoms with van der Waals surface area (Å²) in [4.78, 5) is 35.0. The lowest BCUT2D eigenvalue weighted by Crippen LogP contribution is -2.41. The normalized spacial score (nSPS) is 13.1. The highest BCUT2D eigenvalue weighted by molar-refractivity contribution is 5.99. The molecule has 1 unspecified atom stereocenters. The molecule has 1 atom stereocenters. The van der Waals surface area contributed by atoms with E-state index in [1.165, 1.54) is 55.6 Å². The second-order valence-corrected chi connectivity index (χ2v) is 8.62. The summed E-state index contributed by atoms with van der Waals surface area (Å²) in [6.45, 7) is -1.34. The first-order chi connectivity index (χ1) is 19.3. The van der Waals surface area contributed by atoms with Crippen LogP contribution < -0.4 is 15.6 Å². The number of hydrogen-bond donors (Lipinski definition) is 3. The number of H-pyrrole nitrogens is 1. The smallest absolute Gasteiger partial charge is 0.433 e. The van der Waals surface area contributed by atoms with Crippen molar-refractivity contribution in [3.63, 3.8) is 0 Å². The lowest BCUT2D eigenvalue weighted by Gasteiger charge is -2.15. The number of carbonyl (C=O) groups is 1. The number of methoxy groups -OCH3 is 1. The SMILES string of the molecule is COc1cccc2oc(-c3c(C(=O)NCC(O)C(F)(F)F)nc4c(-c5ccccc5)c(C(F)(F)F)[nH]n4c3=O)nc12. The van der Waals surface area contributed by atoms with Gasteiger partial charge in [-0.25, -0.2) is 9.97 Å². The molecule has 16 heteroatoms. The van der Waals surface area contributed by atoms with Crippen molar-refractivity contribution in [1.29, 1.82) is 0 Å². The molecule has 0 saturated heterocycles. The Morgan fingerprint density at radius 2 is 1.78 bits per heavy atom. The number of amides is 1. The Morgan fingerprint density at radius 3 is 2.41 bits per heavy atom. The third kappa shape index (κ3) is 4.97. The topological polar surface area (TPSA) is 135 Å². The van der Waals surface area contributed by atoms with Crippen molar-refractivity contribution in [3.05, 3.63) is 70.3 Å². The molecular formula is C25H17F6N5O5. The van der Waals surface area contributed by atoms with Crippen LogP contribution in [0.3, 0.4) is 0 Å². The van der Waals surface area contributed by atoms with Crippen LogP contribution in [-0.2, 0) is 6.18 Å². The predicted molar refractivity (Wildman–Crippen MR) is 130 cm³/mol. The van der Waals surface area contributed by atoms with Gasteiger partial charge in [-0.2, -0.15) is 30.9 Å². The van der Waals surface area contributed by atoms with Gasteiger partial charge in [-0.3, -0.25) is 14.7 Å². The van der Waals surface area contributed by atoms with Crippen molar-refractivity contribution in [1.82, 2.24) is 24.9 Å². The van der Waals surface area contributed by atoms with Gasteiger partial charge in [0.25, 0.3) is 11.5 Å². The van der Waals surface area contributed by atoms with Crippen LogP contribution in [0.4, 0.5) is 26.3 Å². The zero-order chi connectivity index (χ0) is 29.7. The van der Waals surface area contributed by atoms with Crippen molar-refractivity contribution < 1.29 is 45.4 Å². The summed E-state index contributed by atoms with van der Waals surface area (Å²) in [5, 5.41) is 13.1. The van der Waals surface area contributed by atoms with Gasteiger partial charge in [0.15, 0.2) is 22.9 Å². The van der Waals surface area contributed by atoms with E-state index in [1.807, 2.05) is 10.4 Å². The largest absolute Gasteiger partial charge is 0.494 e. The van der Waals surface area contributed by atoms with Crippen molar-refractivity contribution >= 4 is 22.7 Å². The zero-order valence-electron chi connectivity index (χ0n) is 20.6. The number of nitrogens with zero attached hydrogens (tertiary/aromatic N) is 3. The Balaban J connectivity index is 1.80. The van der Waals surface area contributed by atoms with E-state index in [1.54, 1.807) is 0 Å². The second-order valence-electron chi connectivity index (χ2n) is 8.62. The van der Waals surface area contributed by atoms with Crippen molar-refractivity contribution in [2.75, 3.05) is 13.7 Å². The number of benzene rings is 2. The van der Waals surface area contributed by atoms with E-state index in [4.69, 9.17) is 9.15 Å². The molecule has 0 spiro atoms. The molecule has 0 saturated carbocycles. The molecule has 41 heavy (non-hydrogen) atoms. The van der Waals surface area contributed by atoms with Crippen LogP contribution in [0, 0.1) is 0 Å². The van der Waals surface area contributed by atoms with Gasteiger partial charge >= 0.3 is 12.4 Å². The minimum absolute atomic E-state index is 0.0244. The van der Waals surface area contributed by atoms with E-state index in [0.29, 0.717) is 4.52 Å². The third-order valence-electron chi connectivity index (χ3n) is 5.99. The molecule has 0 aliphatic heterocycles. The summed E-state index contributed by atoms with van der Waals surface area (Å²) in [6.07, 6.45) is -13.1. The Hall–Kier alpha value is -4.86. The summed E-state index contributed by atoms with van der Waals surface area (Å²) < 4.78 is 92.1. The molecule has 0 aliphatic carbocycles. The molecule has 2 aromatic carbocycles. The first kappa shape index (κ1) is 27.7. The maximum Gasteiger partial charge on any atom is 0.433 e. The minimum atomic E-state index is -5.09. The van der Waals surface area contributed by atoms with Crippen molar-refractivity contribution in [2.45, 2.75) is 18.5 Å². The summed E-state index contributed by atoms with van der Waals surface area (Å²) in [5.41, 5.74) is -5.40. The Morgan fingerprint density at radius 1 is 1.07 bits per heavy atom. The maximum atomic E-state index is 14.1. The van der Waals surface area contributed by atoms with E-state index in [0.717, 1.165) is 0 Å². The average Bonchev–Trinajstić information content (AvgIpc) is 3.53. The number of oxazole rings is 1. The molecule has 5 rings (SSSR count). The Kier molecular flexibility index (Phi) is 6.73. The van der Waals surface area contributed by atoms with E-state index in [-0.39, 0.29) is 22.4 Å². The number of alkyl halides is 6. The maximum absolute atomic E-state index is 14.1. The fourth-order valence-electron chi connectivity index (χ4n) is 4.10. The van der Waals surface area contributed by atoms with E-state index in [9.17, 15) is 41.0 Å². The number of aromatic nitrogens is 4. The van der Waals surface area contributed by atoms with Gasteiger partial charge in [-0.1, -0.05) is 36.4 Å². The standard InChI is InChI=1S/C25H17F6N5O5/c1-40-12-8-5-9-13-17(12)34-22(41-13)16-18(21(38)32-10-14(37)24(26,27)28)33-20-15(11-6-3-2-4-7-11)19(25(29,30)31)35-36(20)23(16)39/h2-9,14,35,37H,10H2,1H3,(H,32,38). The molecule has 3 N–H and O–H groups in total. The molecule has 214 valence electrons. The lowest BCUT2D eigenvalue weighted by molar-refractivity contribution is -0.201. The number of aromatic amines is 1. The highest BCUT2D eigenvalue weighted by atomic mass is 19.4. The van der Waals surface area contributed by atoms with Crippen LogP contribution in [0.5, 0.6) is 5.75 Å². The third-order valence-corrected chi connectivity index (χ3v) is 5.99. The van der Waals surface area contributed by atoms with E-state index in [2.05, 4.69) is 9.97 Å². The van der Waals surface area contributed by atoms with Gasteiger partial charge in [0.05, 0.1) is 19.2 Å². The van der Waals surface area contributed by atoms with Gasteiger partial charge in [0.2, 0.25) is 5.89 Å². The van der Waals surface area contributed by atoms with Gasteiger partial charge in [0.1, 0.15) is 22.7 Å². The molecule has 0 bridgehead atoms. The minimum Gasteiger partial charge on any atom is -0.494 e. The summed E-state index contributed by atoms with van der Waals surface area (Å²) in [7, 11) is 1.32. The number of hydrogen-bond acceptors (Lipinski definition) is 7. The quantitative estimate of drug-likeness (QED) is 0.256. The van der Waals surface area contributed by atoms with Gasteiger partial charge in [-0.15, -0.1) is 0 Å². The van der Waals surface area contributed by atoms with Crippen LogP contribution in [0.2, 0.25) is 0 Å². The number of nitrogens with one attached hydrogen (secondary N) is 2. The lowest BCUT2D eigenvalue weighted by atomic mass is 10.1. The fourth-order valence-corrected chi connectivity index (χ4v) is 4.10.